The molecular formula is C28H35NO5. The largest absolute Gasteiger partial charge is 0.445 e. The minimum absolute atomic E-state index is 0.0102. The van der Waals surface area contributed by atoms with Crippen molar-refractivity contribution in [2.75, 3.05) is 0 Å². The number of ether oxygens (including phenoxy) is 2. The van der Waals surface area contributed by atoms with Gasteiger partial charge >= 0.3 is 5.97 Å². The van der Waals surface area contributed by atoms with E-state index in [-0.39, 0.29) is 41.4 Å². The number of carbonyl (C=O) groups is 2. The van der Waals surface area contributed by atoms with Crippen LogP contribution >= 0.6 is 0 Å². The fourth-order valence-electron chi connectivity index (χ4n) is 6.53. The lowest BCUT2D eigenvalue weighted by atomic mass is 9.59. The first kappa shape index (κ1) is 23.3. The predicted octanol–water partition coefficient (Wildman–Crippen LogP) is 3.49. The van der Waals surface area contributed by atoms with Gasteiger partial charge in [-0.05, 0) is 50.2 Å². The molecule has 1 aromatic rings. The van der Waals surface area contributed by atoms with Crippen LogP contribution in [0.1, 0.15) is 51.5 Å². The van der Waals surface area contributed by atoms with Gasteiger partial charge in [0, 0.05) is 18.0 Å². The van der Waals surface area contributed by atoms with Gasteiger partial charge in [-0.2, -0.15) is 0 Å². The van der Waals surface area contributed by atoms with E-state index in [2.05, 4.69) is 43.4 Å². The van der Waals surface area contributed by atoms with E-state index in [4.69, 9.17) is 9.47 Å². The van der Waals surface area contributed by atoms with Crippen molar-refractivity contribution in [2.24, 2.45) is 17.8 Å². The minimum Gasteiger partial charge on any atom is -0.445 e. The molecule has 1 spiro atoms. The van der Waals surface area contributed by atoms with Crippen LogP contribution < -0.4 is 5.32 Å². The summed E-state index contributed by atoms with van der Waals surface area (Å²) >= 11 is 0. The molecule has 3 fully saturated rings. The first-order chi connectivity index (χ1) is 16.4. The van der Waals surface area contributed by atoms with E-state index >= 15 is 0 Å². The van der Waals surface area contributed by atoms with Gasteiger partial charge < -0.3 is 19.9 Å². The maximum Gasteiger partial charge on any atom is 0.331 e. The van der Waals surface area contributed by atoms with Gasteiger partial charge in [-0.25, -0.2) is 4.79 Å². The van der Waals surface area contributed by atoms with Crippen molar-refractivity contribution < 1.29 is 24.2 Å². The number of benzene rings is 1. The molecular weight excluding hydrogens is 430 g/mol. The van der Waals surface area contributed by atoms with Crippen LogP contribution in [-0.4, -0.2) is 46.4 Å². The molecule has 1 saturated carbocycles. The first-order valence-corrected chi connectivity index (χ1v) is 12.6. The molecule has 0 unspecified atom stereocenters. The molecule has 0 radical (unpaired) electrons. The van der Waals surface area contributed by atoms with Gasteiger partial charge in [0.1, 0.15) is 0 Å². The van der Waals surface area contributed by atoms with E-state index < -0.39 is 17.7 Å². The number of nitrogens with one attached hydrogen (secondary N) is 1. The second-order valence-corrected chi connectivity index (χ2v) is 10.5. The van der Waals surface area contributed by atoms with Gasteiger partial charge in [0.15, 0.2) is 0 Å². The number of aliphatic hydroxyl groups is 1. The molecule has 8 atom stereocenters. The number of fused-ring (bicyclic) bond motifs is 2. The Kier molecular flexibility index (Phi) is 6.15. The number of allylic oxidation sites excluding steroid dienone is 1. The number of carbonyl (C=O) groups excluding carboxylic acids is 2. The third-order valence-electron chi connectivity index (χ3n) is 8.49. The molecule has 3 heterocycles. The number of hydrogen-bond donors (Lipinski definition) is 2. The molecule has 4 aliphatic rings. The van der Waals surface area contributed by atoms with Crippen molar-refractivity contribution in [1.29, 1.82) is 0 Å². The lowest BCUT2D eigenvalue weighted by molar-refractivity contribution is -0.177. The third kappa shape index (κ3) is 3.91. The molecule has 5 rings (SSSR count). The number of hydrogen-bond acceptors (Lipinski definition) is 5. The Morgan fingerprint density at radius 3 is 2.71 bits per heavy atom. The van der Waals surface area contributed by atoms with E-state index in [9.17, 15) is 14.7 Å². The lowest BCUT2D eigenvalue weighted by Gasteiger charge is -2.45. The van der Waals surface area contributed by atoms with Crippen molar-refractivity contribution in [2.45, 2.75) is 81.8 Å². The van der Waals surface area contributed by atoms with Crippen LogP contribution in [0.4, 0.5) is 0 Å². The molecule has 182 valence electrons. The van der Waals surface area contributed by atoms with Crippen molar-refractivity contribution >= 4 is 11.9 Å². The summed E-state index contributed by atoms with van der Waals surface area (Å²) in [4.78, 5) is 26.8. The molecule has 34 heavy (non-hydrogen) atoms. The van der Waals surface area contributed by atoms with E-state index in [1.165, 1.54) is 12.2 Å². The predicted molar refractivity (Wildman–Crippen MR) is 128 cm³/mol. The van der Waals surface area contributed by atoms with Gasteiger partial charge in [0.2, 0.25) is 5.60 Å². The van der Waals surface area contributed by atoms with Crippen molar-refractivity contribution in [1.82, 2.24) is 5.32 Å². The second-order valence-electron chi connectivity index (χ2n) is 10.5. The molecule has 6 nitrogen and oxygen atoms in total. The summed E-state index contributed by atoms with van der Waals surface area (Å²) in [6.07, 6.45) is 11.1. The molecule has 2 N–H and O–H groups in total. The summed E-state index contributed by atoms with van der Waals surface area (Å²) in [6, 6.07) is 9.91. The van der Waals surface area contributed by atoms with Crippen molar-refractivity contribution in [3.8, 4) is 0 Å². The van der Waals surface area contributed by atoms with Crippen LogP contribution in [0.2, 0.25) is 0 Å². The molecule has 3 aliphatic heterocycles. The Labute approximate surface area is 201 Å². The molecule has 1 aliphatic carbocycles. The van der Waals surface area contributed by atoms with Crippen LogP contribution in [0.5, 0.6) is 0 Å². The van der Waals surface area contributed by atoms with Crippen molar-refractivity contribution in [3.63, 3.8) is 0 Å². The van der Waals surface area contributed by atoms with Gasteiger partial charge in [-0.15, -0.1) is 0 Å². The monoisotopic (exact) mass is 465 g/mol. The number of rotatable bonds is 2. The molecule has 6 heteroatoms. The van der Waals surface area contributed by atoms with E-state index in [0.717, 1.165) is 31.2 Å². The normalized spacial score (nSPS) is 43.9. The Bertz CT molecular complexity index is 990. The summed E-state index contributed by atoms with van der Waals surface area (Å²) in [5.41, 5.74) is -0.566. The fraction of sp³-hybridized carbons (Fsp3) is 0.571. The summed E-state index contributed by atoms with van der Waals surface area (Å²) in [7, 11) is 0. The Balaban J connectivity index is 1.55. The quantitative estimate of drug-likeness (QED) is 0.397. The average molecular weight is 466 g/mol. The van der Waals surface area contributed by atoms with E-state index in [1.807, 2.05) is 18.2 Å². The zero-order valence-corrected chi connectivity index (χ0v) is 20.0. The molecule has 1 aromatic carbocycles. The third-order valence-corrected chi connectivity index (χ3v) is 8.49. The number of epoxide rings is 1. The van der Waals surface area contributed by atoms with Crippen LogP contribution in [0.25, 0.3) is 0 Å². The van der Waals surface area contributed by atoms with Crippen LogP contribution in [0.15, 0.2) is 54.6 Å². The van der Waals surface area contributed by atoms with Crippen molar-refractivity contribution in [3.05, 3.63) is 60.2 Å². The number of amides is 1. The average Bonchev–Trinajstić information content (AvgIpc) is 3.44. The van der Waals surface area contributed by atoms with Crippen LogP contribution in [-0.2, 0) is 25.5 Å². The topological polar surface area (TPSA) is 88.2 Å². The smallest absolute Gasteiger partial charge is 0.331 e. The minimum atomic E-state index is -1.34. The number of esters is 1. The Morgan fingerprint density at radius 2 is 1.91 bits per heavy atom. The van der Waals surface area contributed by atoms with Gasteiger partial charge in [-0.3, -0.25) is 4.79 Å². The van der Waals surface area contributed by atoms with Gasteiger partial charge in [-0.1, -0.05) is 62.2 Å². The SMILES string of the molecule is C[C@H]1[C@H]2[C@H](Cc3ccccc3)NC(=O)[C@]23OC(=O)/C=C/[C@H](O)CCCCC/C=C/[C@H]3[C@@H]2O[C@]12C. The highest BCUT2D eigenvalue weighted by Crippen LogP contribution is 2.63. The van der Waals surface area contributed by atoms with Gasteiger partial charge in [0.05, 0.1) is 23.7 Å². The Hall–Kier alpha value is -2.44. The standard InChI is InChI=1S/C28H35NO5/c1-18-24-22(17-19-11-7-6-8-12-19)29-26(32)28(24)21(25-27(18,2)34-25)14-10-5-3-4-9-13-20(30)15-16-23(31)33-28/h6-8,10-12,14-16,18,20-22,24-25,30H,3-5,9,13,17H2,1-2H3,(H,29,32)/b14-10+,16-15+/t18-,20+,21-,22-,24-,25-,27+,28+/m0/s1. The second kappa shape index (κ2) is 8.97. The molecule has 0 bridgehead atoms. The fourth-order valence-corrected chi connectivity index (χ4v) is 6.53. The maximum atomic E-state index is 13.8. The van der Waals surface area contributed by atoms with Gasteiger partial charge in [0.25, 0.3) is 5.91 Å². The summed E-state index contributed by atoms with van der Waals surface area (Å²) in [5, 5.41) is 13.4. The van der Waals surface area contributed by atoms with Crippen LogP contribution in [0.3, 0.4) is 0 Å². The Morgan fingerprint density at radius 1 is 1.12 bits per heavy atom. The highest BCUT2D eigenvalue weighted by atomic mass is 16.6. The lowest BCUT2D eigenvalue weighted by Crippen LogP contribution is -2.61. The van der Waals surface area contributed by atoms with Crippen LogP contribution in [0, 0.1) is 17.8 Å². The molecule has 0 aromatic heterocycles. The highest BCUT2D eigenvalue weighted by molar-refractivity contribution is 5.94. The summed E-state index contributed by atoms with van der Waals surface area (Å²) in [6.45, 7) is 4.23. The van der Waals surface area contributed by atoms with E-state index in [1.54, 1.807) is 0 Å². The summed E-state index contributed by atoms with van der Waals surface area (Å²) in [5.74, 6) is -1.42. The zero-order chi connectivity index (χ0) is 23.9. The molecule has 2 saturated heterocycles. The number of aliphatic hydroxyl groups excluding tert-OH is 1. The first-order valence-electron chi connectivity index (χ1n) is 12.6. The highest BCUT2D eigenvalue weighted by Gasteiger charge is 2.78. The summed E-state index contributed by atoms with van der Waals surface area (Å²) < 4.78 is 12.4. The maximum absolute atomic E-state index is 13.8. The molecule has 1 amide bonds. The van der Waals surface area contributed by atoms with E-state index in [0.29, 0.717) is 12.8 Å². The zero-order valence-electron chi connectivity index (χ0n) is 20.0.